The summed E-state index contributed by atoms with van der Waals surface area (Å²) in [5, 5.41) is 8.91. The molecule has 4 heteroatoms. The minimum Gasteiger partial charge on any atom is -0.460 e. The Morgan fingerprint density at radius 1 is 1.40 bits per heavy atom. The van der Waals surface area contributed by atoms with E-state index >= 15 is 0 Å². The Balaban J connectivity index is 2.37. The molecule has 1 aliphatic rings. The van der Waals surface area contributed by atoms with Crippen LogP contribution < -0.4 is 0 Å². The topological polar surface area (TPSA) is 49.8 Å². The summed E-state index contributed by atoms with van der Waals surface area (Å²) in [6, 6.07) is 0. The number of esters is 1. The van der Waals surface area contributed by atoms with Crippen molar-refractivity contribution in [1.82, 2.24) is 4.90 Å². The zero-order valence-electron chi connectivity index (χ0n) is 9.82. The average Bonchev–Trinajstić information content (AvgIpc) is 2.15. The fourth-order valence-electron chi connectivity index (χ4n) is 1.70. The molecular weight excluding hydrogens is 194 g/mol. The highest BCUT2D eigenvalue weighted by atomic mass is 16.6. The van der Waals surface area contributed by atoms with Crippen molar-refractivity contribution in [3.63, 3.8) is 0 Å². The molecule has 0 saturated carbocycles. The number of hydrogen-bond acceptors (Lipinski definition) is 4. The molecule has 1 aliphatic heterocycles. The van der Waals surface area contributed by atoms with Crippen molar-refractivity contribution < 1.29 is 14.6 Å². The number of nitrogens with zero attached hydrogens (tertiary/aromatic N) is 1. The number of aliphatic hydroxyl groups excluding tert-OH is 1. The summed E-state index contributed by atoms with van der Waals surface area (Å²) in [7, 11) is 0. The largest absolute Gasteiger partial charge is 0.460 e. The van der Waals surface area contributed by atoms with E-state index in [9.17, 15) is 4.79 Å². The van der Waals surface area contributed by atoms with Gasteiger partial charge in [-0.25, -0.2) is 0 Å². The molecule has 1 heterocycles. The van der Waals surface area contributed by atoms with Crippen LogP contribution in [0.2, 0.25) is 0 Å². The van der Waals surface area contributed by atoms with Gasteiger partial charge in [0.25, 0.3) is 0 Å². The maximum absolute atomic E-state index is 11.7. The number of aliphatic hydroxyl groups is 1. The normalized spacial score (nSPS) is 20.3. The summed E-state index contributed by atoms with van der Waals surface area (Å²) in [5.41, 5.74) is -0.398. The minimum absolute atomic E-state index is 0.00650. The highest BCUT2D eigenvalue weighted by Gasteiger charge is 2.28. The molecule has 0 unspecified atom stereocenters. The van der Waals surface area contributed by atoms with Crippen LogP contribution in [-0.4, -0.2) is 41.4 Å². The van der Waals surface area contributed by atoms with E-state index in [1.807, 2.05) is 25.7 Å². The van der Waals surface area contributed by atoms with Crippen LogP contribution in [0.15, 0.2) is 0 Å². The lowest BCUT2D eigenvalue weighted by Gasteiger charge is -2.31. The first kappa shape index (κ1) is 12.5. The second kappa shape index (κ2) is 4.94. The van der Waals surface area contributed by atoms with Gasteiger partial charge in [-0.2, -0.15) is 0 Å². The third-order valence-electron chi connectivity index (χ3n) is 2.53. The molecule has 1 saturated heterocycles. The molecule has 0 bridgehead atoms. The van der Waals surface area contributed by atoms with Crippen molar-refractivity contribution in [3.8, 4) is 0 Å². The Labute approximate surface area is 91.2 Å². The second-order valence-corrected chi connectivity index (χ2v) is 5.07. The van der Waals surface area contributed by atoms with E-state index in [1.54, 1.807) is 0 Å². The van der Waals surface area contributed by atoms with Crippen molar-refractivity contribution >= 4 is 5.97 Å². The van der Waals surface area contributed by atoms with Gasteiger partial charge in [0.2, 0.25) is 0 Å². The molecule has 0 amide bonds. The second-order valence-electron chi connectivity index (χ2n) is 5.07. The Kier molecular flexibility index (Phi) is 4.11. The minimum atomic E-state index is -0.398. The summed E-state index contributed by atoms with van der Waals surface area (Å²) in [6.07, 6.45) is 1.57. The monoisotopic (exact) mass is 215 g/mol. The molecule has 0 spiro atoms. The van der Waals surface area contributed by atoms with Gasteiger partial charge in [-0.05, 0) is 33.6 Å². The van der Waals surface area contributed by atoms with Crippen molar-refractivity contribution in [2.45, 2.75) is 39.2 Å². The van der Waals surface area contributed by atoms with E-state index < -0.39 is 5.60 Å². The lowest BCUT2D eigenvalue weighted by atomic mass is 9.97. The molecule has 1 rings (SSSR count). The molecule has 0 aromatic heterocycles. The Hall–Kier alpha value is -0.610. The van der Waals surface area contributed by atoms with E-state index in [-0.39, 0.29) is 18.6 Å². The van der Waals surface area contributed by atoms with Crippen molar-refractivity contribution in [3.05, 3.63) is 0 Å². The van der Waals surface area contributed by atoms with Gasteiger partial charge in [-0.1, -0.05) is 0 Å². The predicted molar refractivity (Wildman–Crippen MR) is 57.2 cm³/mol. The molecule has 1 N–H and O–H groups in total. The molecule has 0 aliphatic carbocycles. The summed E-state index contributed by atoms with van der Waals surface area (Å²) < 4.78 is 5.33. The fraction of sp³-hybridized carbons (Fsp3) is 0.909. The maximum Gasteiger partial charge on any atom is 0.309 e. The van der Waals surface area contributed by atoms with Crippen LogP contribution in [0, 0.1) is 5.92 Å². The smallest absolute Gasteiger partial charge is 0.309 e. The predicted octanol–water partition coefficient (Wildman–Crippen LogP) is 0.990. The van der Waals surface area contributed by atoms with Gasteiger partial charge in [0.15, 0.2) is 0 Å². The standard InChI is InChI=1S/C11H21NO3/c1-11(2,3)15-10(14)9-4-6-12(8-13)7-5-9/h9,13H,4-8H2,1-3H3. The number of piperidine rings is 1. The average molecular weight is 215 g/mol. The molecule has 15 heavy (non-hydrogen) atoms. The van der Waals surface area contributed by atoms with E-state index in [0.717, 1.165) is 25.9 Å². The molecule has 88 valence electrons. The Bertz CT molecular complexity index is 214. The van der Waals surface area contributed by atoms with E-state index in [0.29, 0.717) is 0 Å². The molecule has 0 atom stereocenters. The SMILES string of the molecule is CC(C)(C)OC(=O)C1CCN(CO)CC1. The number of rotatable bonds is 2. The third kappa shape index (κ3) is 4.18. The van der Waals surface area contributed by atoms with Crippen molar-refractivity contribution in [2.24, 2.45) is 5.92 Å². The van der Waals surface area contributed by atoms with Crippen molar-refractivity contribution in [2.75, 3.05) is 19.8 Å². The Morgan fingerprint density at radius 2 is 1.93 bits per heavy atom. The third-order valence-corrected chi connectivity index (χ3v) is 2.53. The zero-order valence-corrected chi connectivity index (χ0v) is 9.82. The van der Waals surface area contributed by atoms with Gasteiger partial charge in [-0.3, -0.25) is 9.69 Å². The van der Waals surface area contributed by atoms with Crippen LogP contribution in [0.5, 0.6) is 0 Å². The fourth-order valence-corrected chi connectivity index (χ4v) is 1.70. The van der Waals surface area contributed by atoms with Gasteiger partial charge < -0.3 is 9.84 Å². The number of hydrogen-bond donors (Lipinski definition) is 1. The first-order chi connectivity index (χ1) is 6.92. The van der Waals surface area contributed by atoms with Crippen LogP contribution in [0.1, 0.15) is 33.6 Å². The van der Waals surface area contributed by atoms with Crippen LogP contribution >= 0.6 is 0 Å². The molecular formula is C11H21NO3. The van der Waals surface area contributed by atoms with Gasteiger partial charge in [-0.15, -0.1) is 0 Å². The lowest BCUT2D eigenvalue weighted by Crippen LogP contribution is -2.39. The van der Waals surface area contributed by atoms with Crippen LogP contribution in [0.25, 0.3) is 0 Å². The maximum atomic E-state index is 11.7. The first-order valence-electron chi connectivity index (χ1n) is 5.48. The summed E-state index contributed by atoms with van der Waals surface area (Å²) in [5.74, 6) is -0.0906. The number of ether oxygens (including phenoxy) is 1. The van der Waals surface area contributed by atoms with Crippen molar-refractivity contribution in [1.29, 1.82) is 0 Å². The molecule has 0 aromatic rings. The highest BCUT2D eigenvalue weighted by Crippen LogP contribution is 2.20. The zero-order chi connectivity index (χ0) is 11.5. The molecule has 0 aromatic carbocycles. The molecule has 4 nitrogen and oxygen atoms in total. The van der Waals surface area contributed by atoms with E-state index in [2.05, 4.69) is 0 Å². The van der Waals surface area contributed by atoms with E-state index in [4.69, 9.17) is 9.84 Å². The number of carbonyl (C=O) groups is 1. The van der Waals surface area contributed by atoms with Crippen LogP contribution in [0.4, 0.5) is 0 Å². The van der Waals surface area contributed by atoms with Crippen LogP contribution in [-0.2, 0) is 9.53 Å². The van der Waals surface area contributed by atoms with Gasteiger partial charge in [0, 0.05) is 13.1 Å². The summed E-state index contributed by atoms with van der Waals surface area (Å²) in [4.78, 5) is 13.6. The summed E-state index contributed by atoms with van der Waals surface area (Å²) in [6.45, 7) is 7.29. The van der Waals surface area contributed by atoms with Gasteiger partial charge in [0.05, 0.1) is 12.6 Å². The van der Waals surface area contributed by atoms with Gasteiger partial charge in [0.1, 0.15) is 5.60 Å². The summed E-state index contributed by atoms with van der Waals surface area (Å²) >= 11 is 0. The Morgan fingerprint density at radius 3 is 2.33 bits per heavy atom. The van der Waals surface area contributed by atoms with Crippen LogP contribution in [0.3, 0.4) is 0 Å². The lowest BCUT2D eigenvalue weighted by molar-refractivity contribution is -0.162. The molecule has 1 fully saturated rings. The number of likely N-dealkylation sites (tertiary alicyclic amines) is 1. The number of carbonyl (C=O) groups excluding carboxylic acids is 1. The quantitative estimate of drug-likeness (QED) is 0.698. The van der Waals surface area contributed by atoms with E-state index in [1.165, 1.54) is 0 Å². The first-order valence-corrected chi connectivity index (χ1v) is 5.48. The molecule has 0 radical (unpaired) electrons. The highest BCUT2D eigenvalue weighted by molar-refractivity contribution is 5.73. The van der Waals surface area contributed by atoms with Gasteiger partial charge >= 0.3 is 5.97 Å².